The van der Waals surface area contributed by atoms with Crippen molar-refractivity contribution in [3.63, 3.8) is 0 Å². The van der Waals surface area contributed by atoms with E-state index in [0.29, 0.717) is 40.8 Å². The molecule has 0 bridgehead atoms. The van der Waals surface area contributed by atoms with E-state index >= 15 is 0 Å². The number of hydrogen-bond donors (Lipinski definition) is 2. The standard InChI is InChI=1S/C22H22FN5O4S/c1-31-15-8-9-16(18(12-15)32-2)25-22(30)28-10-4-7-17(28)20-26-27-21(33-20)19(29)24-14-6-3-5-13(23)11-14/h3,5-6,8-9,11-12,17H,4,7,10H2,1-2H3,(H,24,29)(H,25,30). The Kier molecular flexibility index (Phi) is 6.68. The van der Waals surface area contributed by atoms with Crippen LogP contribution in [0, 0.1) is 5.82 Å². The highest BCUT2D eigenvalue weighted by Gasteiger charge is 2.33. The molecule has 9 nitrogen and oxygen atoms in total. The predicted molar refractivity (Wildman–Crippen MR) is 122 cm³/mol. The first-order valence-corrected chi connectivity index (χ1v) is 11.0. The summed E-state index contributed by atoms with van der Waals surface area (Å²) >= 11 is 1.11. The van der Waals surface area contributed by atoms with E-state index in [9.17, 15) is 14.0 Å². The van der Waals surface area contributed by atoms with Gasteiger partial charge in [0.25, 0.3) is 5.91 Å². The van der Waals surface area contributed by atoms with Gasteiger partial charge in [0.15, 0.2) is 0 Å². The normalized spacial score (nSPS) is 15.2. The molecule has 2 aromatic carbocycles. The van der Waals surface area contributed by atoms with E-state index in [1.165, 1.54) is 25.3 Å². The SMILES string of the molecule is COc1ccc(NC(=O)N2CCCC2c2nnc(C(=O)Nc3cccc(F)c3)s2)c(OC)c1. The van der Waals surface area contributed by atoms with E-state index in [-0.39, 0.29) is 17.1 Å². The summed E-state index contributed by atoms with van der Waals surface area (Å²) in [6.07, 6.45) is 1.50. The Labute approximate surface area is 193 Å². The number of carbonyl (C=O) groups is 2. The summed E-state index contributed by atoms with van der Waals surface area (Å²) in [5.41, 5.74) is 0.841. The van der Waals surface area contributed by atoms with Crippen molar-refractivity contribution in [1.82, 2.24) is 15.1 Å². The third-order valence-corrected chi connectivity index (χ3v) is 6.19. The van der Waals surface area contributed by atoms with Gasteiger partial charge in [-0.1, -0.05) is 17.4 Å². The summed E-state index contributed by atoms with van der Waals surface area (Å²) in [4.78, 5) is 27.2. The summed E-state index contributed by atoms with van der Waals surface area (Å²) in [5.74, 6) is 0.153. The van der Waals surface area contributed by atoms with Gasteiger partial charge in [0.1, 0.15) is 22.3 Å². The first-order chi connectivity index (χ1) is 16.0. The molecule has 2 heterocycles. The molecule has 1 fully saturated rings. The van der Waals surface area contributed by atoms with E-state index in [0.717, 1.165) is 17.8 Å². The Hall–Kier alpha value is -3.73. The van der Waals surface area contributed by atoms with Crippen molar-refractivity contribution in [3.8, 4) is 11.5 Å². The molecule has 1 atom stereocenters. The van der Waals surface area contributed by atoms with Crippen LogP contribution in [0.2, 0.25) is 0 Å². The minimum absolute atomic E-state index is 0.137. The topological polar surface area (TPSA) is 106 Å². The van der Waals surface area contributed by atoms with E-state index < -0.39 is 11.7 Å². The third-order valence-electron chi connectivity index (χ3n) is 5.17. The smallest absolute Gasteiger partial charge is 0.322 e. The van der Waals surface area contributed by atoms with Gasteiger partial charge in [-0.05, 0) is 43.2 Å². The fraction of sp³-hybridized carbons (Fsp3) is 0.273. The highest BCUT2D eigenvalue weighted by atomic mass is 32.1. The molecule has 172 valence electrons. The van der Waals surface area contributed by atoms with Gasteiger partial charge < -0.3 is 25.0 Å². The summed E-state index contributed by atoms with van der Waals surface area (Å²) < 4.78 is 23.9. The third kappa shape index (κ3) is 5.03. The molecule has 0 saturated carbocycles. The van der Waals surface area contributed by atoms with Crippen LogP contribution in [0.4, 0.5) is 20.6 Å². The molecule has 1 aliphatic heterocycles. The molecule has 0 spiro atoms. The maximum atomic E-state index is 13.4. The van der Waals surface area contributed by atoms with E-state index in [2.05, 4.69) is 20.8 Å². The Balaban J connectivity index is 1.46. The van der Waals surface area contributed by atoms with Gasteiger partial charge in [-0.15, -0.1) is 10.2 Å². The lowest BCUT2D eigenvalue weighted by atomic mass is 10.2. The zero-order valence-electron chi connectivity index (χ0n) is 18.0. The lowest BCUT2D eigenvalue weighted by Gasteiger charge is -2.23. The van der Waals surface area contributed by atoms with Crippen LogP contribution in [0.3, 0.4) is 0 Å². The van der Waals surface area contributed by atoms with Gasteiger partial charge in [0.2, 0.25) is 5.01 Å². The number of anilines is 2. The molecule has 11 heteroatoms. The molecule has 1 unspecified atom stereocenters. The van der Waals surface area contributed by atoms with Gasteiger partial charge in [-0.2, -0.15) is 0 Å². The fourth-order valence-corrected chi connectivity index (χ4v) is 4.45. The molecule has 3 amide bonds. The largest absolute Gasteiger partial charge is 0.497 e. The van der Waals surface area contributed by atoms with Crippen LogP contribution in [-0.2, 0) is 0 Å². The number of aromatic nitrogens is 2. The zero-order chi connectivity index (χ0) is 23.4. The van der Waals surface area contributed by atoms with Crippen molar-refractivity contribution < 1.29 is 23.5 Å². The highest BCUT2D eigenvalue weighted by Crippen LogP contribution is 2.35. The fourth-order valence-electron chi connectivity index (χ4n) is 3.57. The number of nitrogens with one attached hydrogen (secondary N) is 2. The second kappa shape index (κ2) is 9.82. The van der Waals surface area contributed by atoms with Crippen LogP contribution < -0.4 is 20.1 Å². The number of hydrogen-bond acceptors (Lipinski definition) is 7. The van der Waals surface area contributed by atoms with Crippen LogP contribution in [0.25, 0.3) is 0 Å². The molecular weight excluding hydrogens is 449 g/mol. The molecule has 0 radical (unpaired) electrons. The molecule has 33 heavy (non-hydrogen) atoms. The van der Waals surface area contributed by atoms with Crippen molar-refractivity contribution >= 4 is 34.6 Å². The van der Waals surface area contributed by atoms with E-state index in [4.69, 9.17) is 9.47 Å². The Morgan fingerprint density at radius 2 is 1.97 bits per heavy atom. The van der Waals surface area contributed by atoms with Crippen LogP contribution in [0.15, 0.2) is 42.5 Å². The van der Waals surface area contributed by atoms with E-state index in [1.807, 2.05) is 0 Å². The molecule has 1 aromatic heterocycles. The Bertz CT molecular complexity index is 1170. The quantitative estimate of drug-likeness (QED) is 0.555. The average Bonchev–Trinajstić information content (AvgIpc) is 3.49. The second-order valence-electron chi connectivity index (χ2n) is 7.26. The molecule has 1 aliphatic rings. The number of methoxy groups -OCH3 is 2. The number of amides is 3. The lowest BCUT2D eigenvalue weighted by molar-refractivity contribution is 0.102. The number of benzene rings is 2. The van der Waals surface area contributed by atoms with Gasteiger partial charge in [0, 0.05) is 18.3 Å². The maximum absolute atomic E-state index is 13.4. The number of urea groups is 1. The average molecular weight is 472 g/mol. The van der Waals surface area contributed by atoms with Crippen LogP contribution >= 0.6 is 11.3 Å². The van der Waals surface area contributed by atoms with Crippen molar-refractivity contribution in [3.05, 3.63) is 58.3 Å². The minimum Gasteiger partial charge on any atom is -0.497 e. The van der Waals surface area contributed by atoms with Crippen molar-refractivity contribution in [2.75, 3.05) is 31.4 Å². The molecule has 3 aromatic rings. The zero-order valence-corrected chi connectivity index (χ0v) is 18.8. The summed E-state index contributed by atoms with van der Waals surface area (Å²) in [7, 11) is 3.07. The first-order valence-electron chi connectivity index (χ1n) is 10.2. The summed E-state index contributed by atoms with van der Waals surface area (Å²) in [5, 5.41) is 14.3. The Morgan fingerprint density at radius 3 is 2.73 bits per heavy atom. The number of carbonyl (C=O) groups excluding carboxylic acids is 2. The number of nitrogens with zero attached hydrogens (tertiary/aromatic N) is 3. The molecule has 0 aliphatic carbocycles. The number of likely N-dealkylation sites (tertiary alicyclic amines) is 1. The first kappa shape index (κ1) is 22.5. The summed E-state index contributed by atoms with van der Waals surface area (Å²) in [6, 6.07) is 10.1. The molecular formula is C22H22FN5O4S. The lowest BCUT2D eigenvalue weighted by Crippen LogP contribution is -2.34. The van der Waals surface area contributed by atoms with Gasteiger partial charge in [-0.25, -0.2) is 9.18 Å². The van der Waals surface area contributed by atoms with E-state index in [1.54, 1.807) is 36.3 Å². The van der Waals surface area contributed by atoms with Gasteiger partial charge >= 0.3 is 6.03 Å². The van der Waals surface area contributed by atoms with Crippen molar-refractivity contribution in [2.24, 2.45) is 0 Å². The van der Waals surface area contributed by atoms with Crippen LogP contribution in [-0.4, -0.2) is 47.8 Å². The van der Waals surface area contributed by atoms with Crippen molar-refractivity contribution in [1.29, 1.82) is 0 Å². The summed E-state index contributed by atoms with van der Waals surface area (Å²) in [6.45, 7) is 0.541. The number of ether oxygens (including phenoxy) is 2. The second-order valence-corrected chi connectivity index (χ2v) is 8.27. The number of halogens is 1. The van der Waals surface area contributed by atoms with Crippen molar-refractivity contribution in [2.45, 2.75) is 18.9 Å². The molecule has 4 rings (SSSR count). The highest BCUT2D eigenvalue weighted by molar-refractivity contribution is 7.13. The molecule has 1 saturated heterocycles. The van der Waals surface area contributed by atoms with Gasteiger partial charge in [0.05, 0.1) is 25.9 Å². The van der Waals surface area contributed by atoms with Gasteiger partial charge in [-0.3, -0.25) is 4.79 Å². The minimum atomic E-state index is -0.485. The van der Waals surface area contributed by atoms with Crippen LogP contribution in [0.5, 0.6) is 11.5 Å². The monoisotopic (exact) mass is 471 g/mol. The number of rotatable bonds is 6. The predicted octanol–water partition coefficient (Wildman–Crippen LogP) is 4.32. The van der Waals surface area contributed by atoms with Crippen LogP contribution in [0.1, 0.15) is 33.7 Å². The molecule has 2 N–H and O–H groups in total. The Morgan fingerprint density at radius 1 is 1.12 bits per heavy atom. The maximum Gasteiger partial charge on any atom is 0.322 e.